The zero-order valence-electron chi connectivity index (χ0n) is 15.0. The number of rotatable bonds is 8. The predicted octanol–water partition coefficient (Wildman–Crippen LogP) is -0.0422. The van der Waals surface area contributed by atoms with E-state index in [9.17, 15) is 19.2 Å². The smallest absolute Gasteiger partial charge is 0.338 e. The fourth-order valence-corrected chi connectivity index (χ4v) is 3.09. The summed E-state index contributed by atoms with van der Waals surface area (Å²) < 4.78 is 9.53. The molecule has 0 aromatic carbocycles. The van der Waals surface area contributed by atoms with Crippen LogP contribution in [0.3, 0.4) is 0 Å². The largest absolute Gasteiger partial charge is 0.464 e. The van der Waals surface area contributed by atoms with Gasteiger partial charge in [-0.3, -0.25) is 19.3 Å². The van der Waals surface area contributed by atoms with Gasteiger partial charge < -0.3 is 9.47 Å². The highest BCUT2D eigenvalue weighted by atomic mass is 16.7. The maximum atomic E-state index is 12.4. The fourth-order valence-electron chi connectivity index (χ4n) is 3.09. The summed E-state index contributed by atoms with van der Waals surface area (Å²) in [5, 5.41) is 1.90. The molecule has 2 atom stereocenters. The predicted molar refractivity (Wildman–Crippen MR) is 84.9 cm³/mol. The minimum atomic E-state index is -0.943. The molecule has 0 aromatic rings. The normalized spacial score (nSPS) is 22.8. The van der Waals surface area contributed by atoms with Crippen molar-refractivity contribution in [2.45, 2.75) is 51.6 Å². The van der Waals surface area contributed by atoms with Crippen molar-refractivity contribution in [1.82, 2.24) is 10.1 Å². The number of hydroxylamine groups is 4. The molecular formula is C16H24N2O8. The van der Waals surface area contributed by atoms with E-state index in [1.165, 1.54) is 0 Å². The molecule has 146 valence electrons. The van der Waals surface area contributed by atoms with Gasteiger partial charge in [0.05, 0.1) is 25.3 Å². The number of fused-ring (bicyclic) bond motifs is 1. The first kappa shape index (κ1) is 20.1. The Bertz CT molecular complexity index is 504. The molecule has 1 aliphatic heterocycles. The first-order chi connectivity index (χ1) is 12.5. The van der Waals surface area contributed by atoms with Gasteiger partial charge in [-0.15, -0.1) is 0 Å². The Labute approximate surface area is 151 Å². The second-order valence-electron chi connectivity index (χ2n) is 5.84. The van der Waals surface area contributed by atoms with Crippen LogP contribution in [-0.4, -0.2) is 72.4 Å². The van der Waals surface area contributed by atoms with Crippen LogP contribution in [0.2, 0.25) is 0 Å². The Morgan fingerprint density at radius 2 is 1.23 bits per heavy atom. The number of ether oxygens (including phenoxy) is 2. The number of esters is 2. The molecule has 2 aliphatic rings. The van der Waals surface area contributed by atoms with E-state index in [0.29, 0.717) is 12.8 Å². The van der Waals surface area contributed by atoms with Crippen molar-refractivity contribution in [2.75, 3.05) is 26.4 Å². The van der Waals surface area contributed by atoms with Crippen molar-refractivity contribution in [3.63, 3.8) is 0 Å². The molecule has 2 rings (SSSR count). The number of carbonyl (C=O) groups is 4. The van der Waals surface area contributed by atoms with Gasteiger partial charge in [-0.1, -0.05) is 12.8 Å². The van der Waals surface area contributed by atoms with Crippen LogP contribution in [-0.2, 0) is 38.3 Å². The van der Waals surface area contributed by atoms with Gasteiger partial charge in [0.1, 0.15) is 0 Å². The molecule has 0 N–H and O–H groups in total. The van der Waals surface area contributed by atoms with Crippen LogP contribution in [0, 0.1) is 0 Å². The van der Waals surface area contributed by atoms with Crippen molar-refractivity contribution in [3.8, 4) is 0 Å². The average molecular weight is 372 g/mol. The van der Waals surface area contributed by atoms with Crippen molar-refractivity contribution in [2.24, 2.45) is 0 Å². The Kier molecular flexibility index (Phi) is 7.34. The lowest BCUT2D eigenvalue weighted by Gasteiger charge is -2.46. The maximum absolute atomic E-state index is 12.4. The van der Waals surface area contributed by atoms with Crippen LogP contribution < -0.4 is 0 Å². The van der Waals surface area contributed by atoms with Gasteiger partial charge in [0.25, 0.3) is 0 Å². The maximum Gasteiger partial charge on any atom is 0.338 e. The highest BCUT2D eigenvalue weighted by Crippen LogP contribution is 2.31. The van der Waals surface area contributed by atoms with Crippen LogP contribution in [0.4, 0.5) is 0 Å². The Balaban J connectivity index is 2.06. The standard InChI is InChI=1S/C16H24N2O8/c1-3-23-13(19)9-25-17-11-7-5-6-8-12(11)18(16(22)15(17)21)26-10-14(20)24-4-2/h11-12H,3-10H2,1-2H3/t11-,12-/m0/s1. The molecule has 0 spiro atoms. The van der Waals surface area contributed by atoms with E-state index < -0.39 is 49.1 Å². The van der Waals surface area contributed by atoms with Gasteiger partial charge in [-0.2, -0.15) is 0 Å². The molecule has 26 heavy (non-hydrogen) atoms. The van der Waals surface area contributed by atoms with E-state index in [1.807, 2.05) is 0 Å². The molecule has 0 bridgehead atoms. The van der Waals surface area contributed by atoms with E-state index >= 15 is 0 Å². The highest BCUT2D eigenvalue weighted by molar-refractivity contribution is 6.35. The molecule has 0 radical (unpaired) electrons. The summed E-state index contributed by atoms with van der Waals surface area (Å²) in [5.41, 5.74) is 0. The van der Waals surface area contributed by atoms with Crippen LogP contribution in [0.5, 0.6) is 0 Å². The summed E-state index contributed by atoms with van der Waals surface area (Å²) in [5.74, 6) is -3.13. The minimum absolute atomic E-state index is 0.191. The zero-order chi connectivity index (χ0) is 19.1. The number of hydrogen-bond donors (Lipinski definition) is 0. The Morgan fingerprint density at radius 1 is 0.846 bits per heavy atom. The summed E-state index contributed by atoms with van der Waals surface area (Å²) in [7, 11) is 0. The second-order valence-corrected chi connectivity index (χ2v) is 5.84. The molecule has 1 heterocycles. The molecule has 2 fully saturated rings. The second kappa shape index (κ2) is 9.48. The van der Waals surface area contributed by atoms with Crippen LogP contribution in [0.25, 0.3) is 0 Å². The van der Waals surface area contributed by atoms with Crippen molar-refractivity contribution in [1.29, 1.82) is 0 Å². The van der Waals surface area contributed by atoms with E-state index in [1.54, 1.807) is 13.8 Å². The monoisotopic (exact) mass is 372 g/mol. The number of amides is 2. The topological polar surface area (TPSA) is 112 Å². The van der Waals surface area contributed by atoms with Crippen molar-refractivity contribution >= 4 is 23.8 Å². The molecule has 0 unspecified atom stereocenters. The van der Waals surface area contributed by atoms with Crippen LogP contribution in [0.15, 0.2) is 0 Å². The number of hydrogen-bond acceptors (Lipinski definition) is 8. The third-order valence-electron chi connectivity index (χ3n) is 4.13. The van der Waals surface area contributed by atoms with Crippen LogP contribution in [0.1, 0.15) is 39.5 Å². The quantitative estimate of drug-likeness (QED) is 0.431. The number of carbonyl (C=O) groups excluding carboxylic acids is 4. The Hall–Kier alpha value is -2.20. The molecule has 2 amide bonds. The first-order valence-electron chi connectivity index (χ1n) is 8.73. The molecule has 10 nitrogen and oxygen atoms in total. The average Bonchev–Trinajstić information content (AvgIpc) is 2.62. The third kappa shape index (κ3) is 4.70. The molecule has 10 heteroatoms. The van der Waals surface area contributed by atoms with Crippen molar-refractivity contribution < 1.29 is 38.3 Å². The lowest BCUT2D eigenvalue weighted by molar-refractivity contribution is -0.264. The van der Waals surface area contributed by atoms with Gasteiger partial charge in [-0.05, 0) is 26.7 Å². The molecule has 1 aliphatic carbocycles. The first-order valence-corrected chi connectivity index (χ1v) is 8.73. The molecular weight excluding hydrogens is 348 g/mol. The summed E-state index contributed by atoms with van der Waals surface area (Å²) in [6, 6.07) is -0.906. The molecule has 1 saturated heterocycles. The summed E-state index contributed by atoms with van der Waals surface area (Å²) in [4.78, 5) is 58.3. The molecule has 1 saturated carbocycles. The van der Waals surface area contributed by atoms with E-state index in [0.717, 1.165) is 23.0 Å². The van der Waals surface area contributed by atoms with Gasteiger partial charge >= 0.3 is 23.8 Å². The van der Waals surface area contributed by atoms with E-state index in [-0.39, 0.29) is 13.2 Å². The third-order valence-corrected chi connectivity index (χ3v) is 4.13. The SMILES string of the molecule is CCOC(=O)CON1C(=O)C(=O)N(OCC(=O)OCC)[C@H]2CCCC[C@@H]21. The minimum Gasteiger partial charge on any atom is -0.464 e. The van der Waals surface area contributed by atoms with Crippen LogP contribution >= 0.6 is 0 Å². The summed E-state index contributed by atoms with van der Waals surface area (Å²) in [6.45, 7) is 2.78. The number of piperazine rings is 1. The Morgan fingerprint density at radius 3 is 1.58 bits per heavy atom. The summed E-state index contributed by atoms with van der Waals surface area (Å²) in [6.07, 6.45) is 2.86. The highest BCUT2D eigenvalue weighted by Gasteiger charge is 2.49. The van der Waals surface area contributed by atoms with Gasteiger partial charge in [0.2, 0.25) is 0 Å². The summed E-state index contributed by atoms with van der Waals surface area (Å²) >= 11 is 0. The number of nitrogens with zero attached hydrogens (tertiary/aromatic N) is 2. The fraction of sp³-hybridized carbons (Fsp3) is 0.750. The zero-order valence-corrected chi connectivity index (χ0v) is 15.0. The molecule has 0 aromatic heterocycles. The van der Waals surface area contributed by atoms with E-state index in [4.69, 9.17) is 19.1 Å². The van der Waals surface area contributed by atoms with Gasteiger partial charge in [0.15, 0.2) is 13.2 Å². The lowest BCUT2D eigenvalue weighted by atomic mass is 9.88. The van der Waals surface area contributed by atoms with Gasteiger partial charge in [0, 0.05) is 0 Å². The lowest BCUT2D eigenvalue weighted by Crippen LogP contribution is -2.65. The van der Waals surface area contributed by atoms with Crippen molar-refractivity contribution in [3.05, 3.63) is 0 Å². The van der Waals surface area contributed by atoms with E-state index in [2.05, 4.69) is 0 Å². The van der Waals surface area contributed by atoms with Gasteiger partial charge in [-0.25, -0.2) is 19.7 Å².